The predicted molar refractivity (Wildman–Crippen MR) is 74.8 cm³/mol. The molecule has 1 aromatic carbocycles. The van der Waals surface area contributed by atoms with Crippen LogP contribution in [0.15, 0.2) is 52.3 Å². The molecule has 2 heterocycles. The number of carbonyl (C=O) groups is 1. The van der Waals surface area contributed by atoms with Crippen molar-refractivity contribution in [3.63, 3.8) is 0 Å². The number of hydrogen-bond donors (Lipinski definition) is 1. The van der Waals surface area contributed by atoms with Gasteiger partial charge in [-0.15, -0.1) is 0 Å². The number of carboxylic acid groups (broad SMARTS) is 1. The number of rotatable bonds is 4. The van der Waals surface area contributed by atoms with Crippen LogP contribution in [0.5, 0.6) is 0 Å². The van der Waals surface area contributed by atoms with Crippen LogP contribution < -0.4 is 0 Å². The molecule has 0 spiro atoms. The first-order valence-electron chi connectivity index (χ1n) is 5.89. The Morgan fingerprint density at radius 2 is 1.95 bits per heavy atom. The Labute approximate surface area is 118 Å². The maximum atomic E-state index is 11.3. The summed E-state index contributed by atoms with van der Waals surface area (Å²) >= 11 is 1.38. The zero-order valence-electron chi connectivity index (χ0n) is 10.3. The van der Waals surface area contributed by atoms with E-state index in [2.05, 4.69) is 9.97 Å². The summed E-state index contributed by atoms with van der Waals surface area (Å²) in [6.45, 7) is 0. The first-order chi connectivity index (χ1) is 9.75. The average molecular weight is 286 g/mol. The Hall–Kier alpha value is -2.34. The zero-order chi connectivity index (χ0) is 13.9. The van der Waals surface area contributed by atoms with Gasteiger partial charge in [-0.25, -0.2) is 14.8 Å². The molecule has 6 heteroatoms. The lowest BCUT2D eigenvalue weighted by Crippen LogP contribution is -1.98. The van der Waals surface area contributed by atoms with Crippen molar-refractivity contribution in [3.8, 4) is 0 Å². The van der Waals surface area contributed by atoms with Crippen molar-refractivity contribution in [2.24, 2.45) is 0 Å². The van der Waals surface area contributed by atoms with Crippen molar-refractivity contribution < 1.29 is 14.3 Å². The molecule has 0 unspecified atom stereocenters. The summed E-state index contributed by atoms with van der Waals surface area (Å²) in [7, 11) is 0. The van der Waals surface area contributed by atoms with E-state index in [1.54, 1.807) is 24.5 Å². The number of aromatic carboxylic acids is 1. The third-order valence-corrected chi connectivity index (χ3v) is 3.68. The van der Waals surface area contributed by atoms with Gasteiger partial charge in [-0.2, -0.15) is 0 Å². The van der Waals surface area contributed by atoms with Gasteiger partial charge in [0.1, 0.15) is 5.58 Å². The smallest absolute Gasteiger partial charge is 0.372 e. The second-order valence-corrected chi connectivity index (χ2v) is 4.97. The lowest BCUT2D eigenvalue weighted by molar-refractivity contribution is 0.0664. The number of hydrogen-bond acceptors (Lipinski definition) is 5. The molecule has 1 N–H and O–H groups in total. The maximum absolute atomic E-state index is 11.3. The topological polar surface area (TPSA) is 76.2 Å². The molecule has 0 atom stereocenters. The summed E-state index contributed by atoms with van der Waals surface area (Å²) in [4.78, 5) is 19.5. The van der Waals surface area contributed by atoms with E-state index >= 15 is 0 Å². The number of fused-ring (bicyclic) bond motifs is 1. The highest BCUT2D eigenvalue weighted by Gasteiger charge is 2.19. The molecule has 0 saturated heterocycles. The number of nitrogens with zero attached hydrogens (tertiary/aromatic N) is 2. The number of carboxylic acids is 1. The summed E-state index contributed by atoms with van der Waals surface area (Å²) in [6.07, 6.45) is 3.31. The number of aromatic nitrogens is 2. The van der Waals surface area contributed by atoms with Crippen molar-refractivity contribution >= 4 is 28.7 Å². The van der Waals surface area contributed by atoms with Crippen LogP contribution in [0.4, 0.5) is 0 Å². The Balaban J connectivity index is 1.97. The van der Waals surface area contributed by atoms with E-state index < -0.39 is 5.97 Å². The molecular weight excluding hydrogens is 276 g/mol. The normalized spacial score (nSPS) is 10.8. The minimum Gasteiger partial charge on any atom is -0.475 e. The molecule has 0 saturated carbocycles. The van der Waals surface area contributed by atoms with Crippen LogP contribution in [0.2, 0.25) is 0 Å². The average Bonchev–Trinajstić information content (AvgIpc) is 2.85. The van der Waals surface area contributed by atoms with Crippen LogP contribution in [-0.2, 0) is 5.75 Å². The highest BCUT2D eigenvalue weighted by Crippen LogP contribution is 2.30. The summed E-state index contributed by atoms with van der Waals surface area (Å²) in [5, 5.41) is 10.6. The Kier molecular flexibility index (Phi) is 3.39. The van der Waals surface area contributed by atoms with Crippen LogP contribution in [0, 0.1) is 0 Å². The van der Waals surface area contributed by atoms with E-state index in [1.807, 2.05) is 18.2 Å². The lowest BCUT2D eigenvalue weighted by Gasteiger charge is -1.99. The Bertz CT molecular complexity index is 755. The maximum Gasteiger partial charge on any atom is 0.372 e. The van der Waals surface area contributed by atoms with Crippen molar-refractivity contribution in [3.05, 3.63) is 54.0 Å². The van der Waals surface area contributed by atoms with Gasteiger partial charge in [0, 0.05) is 29.1 Å². The van der Waals surface area contributed by atoms with Crippen LogP contribution in [0.25, 0.3) is 11.0 Å². The van der Waals surface area contributed by atoms with Gasteiger partial charge in [0.15, 0.2) is 5.16 Å². The Morgan fingerprint density at radius 1 is 1.20 bits per heavy atom. The van der Waals surface area contributed by atoms with Crippen LogP contribution in [0.3, 0.4) is 0 Å². The van der Waals surface area contributed by atoms with Gasteiger partial charge in [-0.1, -0.05) is 30.0 Å². The van der Waals surface area contributed by atoms with Crippen LogP contribution in [-0.4, -0.2) is 21.0 Å². The molecule has 0 fully saturated rings. The Morgan fingerprint density at radius 3 is 2.70 bits per heavy atom. The van der Waals surface area contributed by atoms with Gasteiger partial charge in [-0.05, 0) is 12.1 Å². The molecule has 0 bridgehead atoms. The molecule has 0 aliphatic rings. The van der Waals surface area contributed by atoms with Crippen molar-refractivity contribution in [1.82, 2.24) is 9.97 Å². The first-order valence-corrected chi connectivity index (χ1v) is 6.88. The highest BCUT2D eigenvalue weighted by molar-refractivity contribution is 7.98. The molecule has 0 aliphatic heterocycles. The fourth-order valence-corrected chi connectivity index (χ4v) is 2.74. The fourth-order valence-electron chi connectivity index (χ4n) is 1.91. The fraction of sp³-hybridized carbons (Fsp3) is 0.0714. The van der Waals surface area contributed by atoms with E-state index in [9.17, 15) is 9.90 Å². The van der Waals surface area contributed by atoms with Crippen molar-refractivity contribution in [1.29, 1.82) is 0 Å². The summed E-state index contributed by atoms with van der Waals surface area (Å²) < 4.78 is 5.40. The third kappa shape index (κ3) is 2.37. The van der Waals surface area contributed by atoms with E-state index in [0.29, 0.717) is 22.1 Å². The van der Waals surface area contributed by atoms with E-state index in [-0.39, 0.29) is 5.76 Å². The standard InChI is InChI=1S/C14H10N2O3S/c17-13(18)12-10(8-20-14-15-6-3-7-16-14)9-4-1-2-5-11(9)19-12/h1-7H,8H2,(H,17,18). The van der Waals surface area contributed by atoms with Gasteiger partial charge in [0.2, 0.25) is 5.76 Å². The first kappa shape index (κ1) is 12.7. The van der Waals surface area contributed by atoms with Gasteiger partial charge < -0.3 is 9.52 Å². The quantitative estimate of drug-likeness (QED) is 0.586. The lowest BCUT2D eigenvalue weighted by atomic mass is 10.1. The second kappa shape index (κ2) is 5.34. The molecule has 0 aliphatic carbocycles. The van der Waals surface area contributed by atoms with Crippen LogP contribution in [0.1, 0.15) is 16.1 Å². The predicted octanol–water partition coefficient (Wildman–Crippen LogP) is 3.21. The number of thioether (sulfide) groups is 1. The molecule has 3 rings (SSSR count). The van der Waals surface area contributed by atoms with Gasteiger partial charge >= 0.3 is 5.97 Å². The highest BCUT2D eigenvalue weighted by atomic mass is 32.2. The SMILES string of the molecule is O=C(O)c1oc2ccccc2c1CSc1ncccn1. The van der Waals surface area contributed by atoms with E-state index in [4.69, 9.17) is 4.42 Å². The second-order valence-electron chi connectivity index (χ2n) is 4.03. The third-order valence-electron chi connectivity index (χ3n) is 2.78. The van der Waals surface area contributed by atoms with E-state index in [0.717, 1.165) is 5.39 Å². The minimum absolute atomic E-state index is 0.0189. The number of furan rings is 1. The molecule has 5 nitrogen and oxygen atoms in total. The van der Waals surface area contributed by atoms with Gasteiger partial charge in [0.25, 0.3) is 0 Å². The van der Waals surface area contributed by atoms with E-state index in [1.165, 1.54) is 11.8 Å². The summed E-state index contributed by atoms with van der Waals surface area (Å²) in [5.41, 5.74) is 1.24. The zero-order valence-corrected chi connectivity index (χ0v) is 11.1. The molecule has 100 valence electrons. The molecule has 0 radical (unpaired) electrons. The number of para-hydroxylation sites is 1. The summed E-state index contributed by atoms with van der Waals surface area (Å²) in [5.74, 6) is -0.636. The molecule has 3 aromatic rings. The molecule has 0 amide bonds. The molecular formula is C14H10N2O3S. The number of benzene rings is 1. The van der Waals surface area contributed by atoms with Gasteiger partial charge in [-0.3, -0.25) is 0 Å². The van der Waals surface area contributed by atoms with Crippen molar-refractivity contribution in [2.75, 3.05) is 0 Å². The van der Waals surface area contributed by atoms with Gasteiger partial charge in [0.05, 0.1) is 0 Å². The summed E-state index contributed by atoms with van der Waals surface area (Å²) in [6, 6.07) is 9.02. The van der Waals surface area contributed by atoms with Crippen molar-refractivity contribution in [2.45, 2.75) is 10.9 Å². The monoisotopic (exact) mass is 286 g/mol. The largest absolute Gasteiger partial charge is 0.475 e. The molecule has 2 aromatic heterocycles. The van der Waals surface area contributed by atoms with Crippen LogP contribution >= 0.6 is 11.8 Å². The molecule has 20 heavy (non-hydrogen) atoms. The minimum atomic E-state index is -1.06.